The molecule has 0 spiro atoms. The lowest BCUT2D eigenvalue weighted by Crippen LogP contribution is -2.13. The van der Waals surface area contributed by atoms with Gasteiger partial charge in [0.1, 0.15) is 0 Å². The molecule has 138 valence electrons. The van der Waals surface area contributed by atoms with Gasteiger partial charge in [0.15, 0.2) is 0 Å². The molecule has 0 saturated heterocycles. The van der Waals surface area contributed by atoms with Crippen molar-refractivity contribution in [3.05, 3.63) is 99.9 Å². The van der Waals surface area contributed by atoms with Crippen molar-refractivity contribution in [3.63, 3.8) is 0 Å². The van der Waals surface area contributed by atoms with E-state index in [0.717, 1.165) is 5.56 Å². The van der Waals surface area contributed by atoms with Gasteiger partial charge in [0.05, 0.1) is 16.3 Å². The normalized spacial score (nSPS) is 10.3. The quantitative estimate of drug-likeness (QED) is 0.290. The molecule has 7 heteroatoms. The van der Waals surface area contributed by atoms with Gasteiger partial charge in [-0.2, -0.15) is 0 Å². The maximum Gasteiger partial charge on any atom is 0.261 e. The Bertz CT molecular complexity index is 1220. The monoisotopic (exact) mass is 388 g/mol. The first-order valence-electron chi connectivity index (χ1n) is 8.34. The van der Waals surface area contributed by atoms with Crippen LogP contribution in [0.1, 0.15) is 16.7 Å². The van der Waals surface area contributed by atoms with Crippen molar-refractivity contribution in [2.75, 3.05) is 4.72 Å². The first-order valence-corrected chi connectivity index (χ1v) is 9.82. The highest BCUT2D eigenvalue weighted by Gasteiger charge is 2.15. The van der Waals surface area contributed by atoms with Crippen molar-refractivity contribution >= 4 is 21.4 Å². The van der Waals surface area contributed by atoms with Gasteiger partial charge in [-0.15, -0.1) is 0 Å². The van der Waals surface area contributed by atoms with Crippen LogP contribution in [-0.2, 0) is 10.0 Å². The summed E-state index contributed by atoms with van der Waals surface area (Å²) in [4.78, 5) is 2.97. The van der Waals surface area contributed by atoms with Crippen LogP contribution in [0.25, 0.3) is 10.4 Å². The fourth-order valence-electron chi connectivity index (χ4n) is 2.45. The summed E-state index contributed by atoms with van der Waals surface area (Å²) in [5.41, 5.74) is 11.5. The van der Waals surface area contributed by atoms with Gasteiger partial charge in [-0.25, -0.2) is 8.42 Å². The van der Waals surface area contributed by atoms with Crippen LogP contribution in [0, 0.1) is 18.8 Å². The average molecular weight is 388 g/mol. The van der Waals surface area contributed by atoms with Gasteiger partial charge in [-0.3, -0.25) is 4.72 Å². The van der Waals surface area contributed by atoms with Gasteiger partial charge in [-0.1, -0.05) is 65.0 Å². The molecule has 0 aliphatic rings. The number of benzene rings is 3. The third-order valence-electron chi connectivity index (χ3n) is 3.89. The summed E-state index contributed by atoms with van der Waals surface area (Å²) in [6, 6.07) is 20.4. The Morgan fingerprint density at radius 2 is 1.50 bits per heavy atom. The minimum atomic E-state index is -3.74. The van der Waals surface area contributed by atoms with Gasteiger partial charge in [-0.05, 0) is 42.8 Å². The lowest BCUT2D eigenvalue weighted by molar-refractivity contribution is 0.601. The van der Waals surface area contributed by atoms with E-state index in [1.807, 2.05) is 6.92 Å². The number of sulfonamides is 1. The Labute approximate surface area is 163 Å². The molecule has 0 aliphatic carbocycles. The SMILES string of the molecule is Cc1ccc(S(=O)(=O)Nc2ccccc2C#Cc2ccccc2N=[N+]=[N-])cc1. The van der Waals surface area contributed by atoms with Crippen LogP contribution < -0.4 is 4.72 Å². The van der Waals surface area contributed by atoms with Crippen molar-refractivity contribution in [3.8, 4) is 11.8 Å². The number of nitrogens with one attached hydrogen (secondary N) is 1. The molecule has 0 radical (unpaired) electrons. The van der Waals surface area contributed by atoms with Crippen LogP contribution in [0.15, 0.2) is 82.8 Å². The third-order valence-corrected chi connectivity index (χ3v) is 5.27. The highest BCUT2D eigenvalue weighted by atomic mass is 32.2. The second-order valence-corrected chi connectivity index (χ2v) is 7.60. The molecule has 0 heterocycles. The lowest BCUT2D eigenvalue weighted by Gasteiger charge is -2.10. The molecule has 3 aromatic rings. The van der Waals surface area contributed by atoms with E-state index in [4.69, 9.17) is 5.53 Å². The Morgan fingerprint density at radius 3 is 2.21 bits per heavy atom. The Balaban J connectivity index is 1.95. The van der Waals surface area contributed by atoms with E-state index < -0.39 is 10.0 Å². The Morgan fingerprint density at radius 1 is 0.893 bits per heavy atom. The van der Waals surface area contributed by atoms with Crippen LogP contribution in [-0.4, -0.2) is 8.42 Å². The molecule has 0 bridgehead atoms. The molecule has 0 saturated carbocycles. The summed E-state index contributed by atoms with van der Waals surface area (Å²) in [7, 11) is -3.74. The number of nitrogens with zero attached hydrogens (tertiary/aromatic N) is 3. The minimum absolute atomic E-state index is 0.176. The second kappa shape index (κ2) is 8.31. The minimum Gasteiger partial charge on any atom is -0.278 e. The molecular weight excluding hydrogens is 372 g/mol. The molecule has 0 aromatic heterocycles. The van der Waals surface area contributed by atoms with E-state index >= 15 is 0 Å². The predicted molar refractivity (Wildman–Crippen MR) is 110 cm³/mol. The zero-order valence-corrected chi connectivity index (χ0v) is 15.8. The molecule has 0 atom stereocenters. The van der Waals surface area contributed by atoms with E-state index in [-0.39, 0.29) is 4.90 Å². The third kappa shape index (κ3) is 4.51. The van der Waals surface area contributed by atoms with E-state index in [0.29, 0.717) is 22.5 Å². The van der Waals surface area contributed by atoms with Gasteiger partial charge in [0.25, 0.3) is 10.0 Å². The molecule has 0 amide bonds. The first-order chi connectivity index (χ1) is 13.5. The van der Waals surface area contributed by atoms with Crippen molar-refractivity contribution in [1.29, 1.82) is 0 Å². The van der Waals surface area contributed by atoms with E-state index in [1.54, 1.807) is 72.8 Å². The standard InChI is InChI=1S/C21H16N4O2S/c1-16-10-14-19(15-11-16)28(26,27)24-21-9-5-3-7-18(21)13-12-17-6-2-4-8-20(17)23-25-22/h2-11,14-15,24H,1H3. The highest BCUT2D eigenvalue weighted by molar-refractivity contribution is 7.92. The summed E-state index contributed by atoms with van der Waals surface area (Å²) >= 11 is 0. The van der Waals surface area contributed by atoms with Crippen LogP contribution >= 0.6 is 0 Å². The molecule has 0 aliphatic heterocycles. The van der Waals surface area contributed by atoms with Crippen LogP contribution in [0.3, 0.4) is 0 Å². The van der Waals surface area contributed by atoms with Gasteiger partial charge in [0.2, 0.25) is 0 Å². The predicted octanol–water partition coefficient (Wildman–Crippen LogP) is 5.14. The summed E-state index contributed by atoms with van der Waals surface area (Å²) in [6.45, 7) is 1.89. The van der Waals surface area contributed by atoms with E-state index in [1.165, 1.54) is 0 Å². The Hall–Kier alpha value is -3.72. The smallest absolute Gasteiger partial charge is 0.261 e. The number of azide groups is 1. The van der Waals surface area contributed by atoms with Crippen molar-refractivity contribution in [2.24, 2.45) is 5.11 Å². The number of rotatable bonds is 4. The van der Waals surface area contributed by atoms with Crippen molar-refractivity contribution < 1.29 is 8.42 Å². The highest BCUT2D eigenvalue weighted by Crippen LogP contribution is 2.21. The molecule has 28 heavy (non-hydrogen) atoms. The zero-order chi connectivity index (χ0) is 20.0. The molecule has 3 rings (SSSR count). The van der Waals surface area contributed by atoms with Crippen LogP contribution in [0.2, 0.25) is 0 Å². The van der Waals surface area contributed by atoms with Crippen LogP contribution in [0.5, 0.6) is 0 Å². The molecule has 6 nitrogen and oxygen atoms in total. The maximum atomic E-state index is 12.7. The lowest BCUT2D eigenvalue weighted by atomic mass is 10.1. The fraction of sp³-hybridized carbons (Fsp3) is 0.0476. The first kappa shape index (κ1) is 19.1. The summed E-state index contributed by atoms with van der Waals surface area (Å²) in [5.74, 6) is 5.89. The largest absolute Gasteiger partial charge is 0.278 e. The molecule has 0 unspecified atom stereocenters. The molecule has 0 fully saturated rings. The molecular formula is C21H16N4O2S. The van der Waals surface area contributed by atoms with E-state index in [2.05, 4.69) is 26.6 Å². The fourth-order valence-corrected chi connectivity index (χ4v) is 3.53. The number of anilines is 1. The molecule has 1 N–H and O–H groups in total. The van der Waals surface area contributed by atoms with Gasteiger partial charge >= 0.3 is 0 Å². The molecule has 3 aromatic carbocycles. The summed E-state index contributed by atoms with van der Waals surface area (Å²) in [5, 5.41) is 3.61. The van der Waals surface area contributed by atoms with Crippen molar-refractivity contribution in [2.45, 2.75) is 11.8 Å². The van der Waals surface area contributed by atoms with Crippen molar-refractivity contribution in [1.82, 2.24) is 0 Å². The second-order valence-electron chi connectivity index (χ2n) is 5.92. The number of aryl methyl sites for hydroxylation is 1. The van der Waals surface area contributed by atoms with Crippen LogP contribution in [0.4, 0.5) is 11.4 Å². The average Bonchev–Trinajstić information content (AvgIpc) is 2.69. The Kier molecular flexibility index (Phi) is 5.66. The van der Waals surface area contributed by atoms with Gasteiger partial charge in [0, 0.05) is 16.0 Å². The van der Waals surface area contributed by atoms with Gasteiger partial charge < -0.3 is 0 Å². The summed E-state index contributed by atoms with van der Waals surface area (Å²) < 4.78 is 27.9. The summed E-state index contributed by atoms with van der Waals surface area (Å²) in [6.07, 6.45) is 0. The number of hydrogen-bond acceptors (Lipinski definition) is 3. The van der Waals surface area contributed by atoms with E-state index in [9.17, 15) is 8.42 Å². The number of hydrogen-bond donors (Lipinski definition) is 1. The maximum absolute atomic E-state index is 12.7. The number of para-hydroxylation sites is 1. The topological polar surface area (TPSA) is 94.9 Å². The zero-order valence-electron chi connectivity index (χ0n) is 15.0.